The summed E-state index contributed by atoms with van der Waals surface area (Å²) in [5, 5.41) is 0. The SMILES string of the molecule is CCC(C)CCCC(CC)C(C)(C)C. The fourth-order valence-corrected chi connectivity index (χ4v) is 2.17. The van der Waals surface area contributed by atoms with Gasteiger partial charge in [-0.05, 0) is 23.7 Å². The molecule has 0 rings (SSSR count). The van der Waals surface area contributed by atoms with Gasteiger partial charge in [0.25, 0.3) is 0 Å². The molecule has 2 atom stereocenters. The fraction of sp³-hybridized carbons (Fsp3) is 1.00. The Morgan fingerprint density at radius 2 is 1.50 bits per heavy atom. The highest BCUT2D eigenvalue weighted by Crippen LogP contribution is 2.33. The Morgan fingerprint density at radius 3 is 1.86 bits per heavy atom. The minimum absolute atomic E-state index is 0.504. The molecule has 0 heterocycles. The molecular formula is C14H30. The van der Waals surface area contributed by atoms with E-state index >= 15 is 0 Å². The smallest absolute Gasteiger partial charge is 0.0354 e. The van der Waals surface area contributed by atoms with Crippen molar-refractivity contribution in [3.63, 3.8) is 0 Å². The lowest BCUT2D eigenvalue weighted by atomic mass is 9.76. The Balaban J connectivity index is 3.74. The molecule has 0 N–H and O–H groups in total. The molecule has 0 aromatic rings. The number of rotatable bonds is 6. The molecule has 2 unspecified atom stereocenters. The van der Waals surface area contributed by atoms with E-state index < -0.39 is 0 Å². The molecule has 0 aliphatic heterocycles. The van der Waals surface area contributed by atoms with Crippen LogP contribution in [0.4, 0.5) is 0 Å². The predicted molar refractivity (Wildman–Crippen MR) is 66.5 cm³/mol. The summed E-state index contributed by atoms with van der Waals surface area (Å²) >= 11 is 0. The second-order valence-electron chi connectivity index (χ2n) is 5.92. The molecule has 0 saturated carbocycles. The van der Waals surface area contributed by atoms with Crippen LogP contribution in [0.5, 0.6) is 0 Å². The number of hydrogen-bond donors (Lipinski definition) is 0. The number of hydrogen-bond acceptors (Lipinski definition) is 0. The summed E-state index contributed by atoms with van der Waals surface area (Å²) in [7, 11) is 0. The maximum Gasteiger partial charge on any atom is -0.0354 e. The highest BCUT2D eigenvalue weighted by molar-refractivity contribution is 4.72. The van der Waals surface area contributed by atoms with Crippen molar-refractivity contribution in [2.24, 2.45) is 17.3 Å². The third-order valence-electron chi connectivity index (χ3n) is 3.66. The lowest BCUT2D eigenvalue weighted by molar-refractivity contribution is 0.210. The van der Waals surface area contributed by atoms with E-state index in [2.05, 4.69) is 41.5 Å². The van der Waals surface area contributed by atoms with Crippen LogP contribution in [0.25, 0.3) is 0 Å². The predicted octanol–water partition coefficient (Wildman–Crippen LogP) is 5.28. The first kappa shape index (κ1) is 14.0. The topological polar surface area (TPSA) is 0 Å². The van der Waals surface area contributed by atoms with E-state index in [0.29, 0.717) is 5.41 Å². The van der Waals surface area contributed by atoms with Gasteiger partial charge in [0.1, 0.15) is 0 Å². The van der Waals surface area contributed by atoms with Crippen molar-refractivity contribution in [3.8, 4) is 0 Å². The van der Waals surface area contributed by atoms with Crippen molar-refractivity contribution in [1.82, 2.24) is 0 Å². The van der Waals surface area contributed by atoms with Gasteiger partial charge in [0.05, 0.1) is 0 Å². The molecule has 0 radical (unpaired) electrons. The van der Waals surface area contributed by atoms with Crippen LogP contribution in [-0.4, -0.2) is 0 Å². The second-order valence-corrected chi connectivity index (χ2v) is 5.92. The molecule has 0 aliphatic carbocycles. The molecule has 0 amide bonds. The van der Waals surface area contributed by atoms with Gasteiger partial charge in [0.15, 0.2) is 0 Å². The lowest BCUT2D eigenvalue weighted by Crippen LogP contribution is -2.19. The van der Waals surface area contributed by atoms with E-state index in [-0.39, 0.29) is 0 Å². The van der Waals surface area contributed by atoms with Gasteiger partial charge in [-0.1, -0.05) is 67.2 Å². The Kier molecular flexibility index (Phi) is 6.48. The van der Waals surface area contributed by atoms with E-state index in [1.165, 1.54) is 32.1 Å². The molecule has 0 saturated heterocycles. The summed E-state index contributed by atoms with van der Waals surface area (Å²) in [6.45, 7) is 14.1. The molecule has 0 spiro atoms. The highest BCUT2D eigenvalue weighted by atomic mass is 14.3. The van der Waals surface area contributed by atoms with Gasteiger partial charge in [-0.15, -0.1) is 0 Å². The molecule has 0 aliphatic rings. The van der Waals surface area contributed by atoms with Gasteiger partial charge in [-0.2, -0.15) is 0 Å². The molecule has 0 aromatic carbocycles. The zero-order valence-electron chi connectivity index (χ0n) is 11.2. The Morgan fingerprint density at radius 1 is 0.929 bits per heavy atom. The maximum atomic E-state index is 2.38. The minimum atomic E-state index is 0.504. The van der Waals surface area contributed by atoms with Crippen LogP contribution in [-0.2, 0) is 0 Å². The first-order valence-corrected chi connectivity index (χ1v) is 6.41. The highest BCUT2D eigenvalue weighted by Gasteiger charge is 2.22. The maximum absolute atomic E-state index is 2.38. The van der Waals surface area contributed by atoms with Gasteiger partial charge in [0, 0.05) is 0 Å². The first-order chi connectivity index (χ1) is 6.41. The average Bonchev–Trinajstić information content (AvgIpc) is 2.09. The van der Waals surface area contributed by atoms with Gasteiger partial charge in [0.2, 0.25) is 0 Å². The normalized spacial score (nSPS) is 16.7. The zero-order valence-corrected chi connectivity index (χ0v) is 11.2. The van der Waals surface area contributed by atoms with Crippen LogP contribution >= 0.6 is 0 Å². The van der Waals surface area contributed by atoms with Crippen LogP contribution in [0.2, 0.25) is 0 Å². The summed E-state index contributed by atoms with van der Waals surface area (Å²) < 4.78 is 0. The largest absolute Gasteiger partial charge is 0.0651 e. The van der Waals surface area contributed by atoms with Gasteiger partial charge in [-0.3, -0.25) is 0 Å². The average molecular weight is 198 g/mol. The summed E-state index contributed by atoms with van der Waals surface area (Å²) in [6.07, 6.45) is 6.94. The van der Waals surface area contributed by atoms with Crippen molar-refractivity contribution in [1.29, 1.82) is 0 Å². The van der Waals surface area contributed by atoms with Crippen molar-refractivity contribution in [2.45, 2.75) is 73.6 Å². The van der Waals surface area contributed by atoms with Gasteiger partial charge in [-0.25, -0.2) is 0 Å². The van der Waals surface area contributed by atoms with E-state index in [9.17, 15) is 0 Å². The van der Waals surface area contributed by atoms with Crippen LogP contribution in [0.1, 0.15) is 73.6 Å². The van der Waals surface area contributed by atoms with Crippen molar-refractivity contribution in [3.05, 3.63) is 0 Å². The van der Waals surface area contributed by atoms with Crippen LogP contribution in [0, 0.1) is 17.3 Å². The molecule has 0 fully saturated rings. The van der Waals surface area contributed by atoms with Crippen molar-refractivity contribution < 1.29 is 0 Å². The Labute approximate surface area is 91.5 Å². The Bertz CT molecular complexity index is 129. The summed E-state index contributed by atoms with van der Waals surface area (Å²) in [5.41, 5.74) is 0.504. The lowest BCUT2D eigenvalue weighted by Gasteiger charge is -2.30. The minimum Gasteiger partial charge on any atom is -0.0651 e. The summed E-state index contributed by atoms with van der Waals surface area (Å²) in [4.78, 5) is 0. The van der Waals surface area contributed by atoms with E-state index in [1.54, 1.807) is 0 Å². The van der Waals surface area contributed by atoms with Crippen molar-refractivity contribution >= 4 is 0 Å². The second kappa shape index (κ2) is 6.48. The van der Waals surface area contributed by atoms with E-state index in [4.69, 9.17) is 0 Å². The molecule has 14 heavy (non-hydrogen) atoms. The molecule has 0 aromatic heterocycles. The van der Waals surface area contributed by atoms with Crippen LogP contribution in [0.15, 0.2) is 0 Å². The quantitative estimate of drug-likeness (QED) is 0.545. The summed E-state index contributed by atoms with van der Waals surface area (Å²) in [5.74, 6) is 1.83. The molecular weight excluding hydrogens is 168 g/mol. The van der Waals surface area contributed by atoms with E-state index in [1.807, 2.05) is 0 Å². The zero-order chi connectivity index (χ0) is 11.2. The Hall–Kier alpha value is 0. The molecule has 0 heteroatoms. The molecule has 0 nitrogen and oxygen atoms in total. The van der Waals surface area contributed by atoms with Crippen LogP contribution < -0.4 is 0 Å². The summed E-state index contributed by atoms with van der Waals surface area (Å²) in [6, 6.07) is 0. The van der Waals surface area contributed by atoms with E-state index in [0.717, 1.165) is 11.8 Å². The van der Waals surface area contributed by atoms with Crippen LogP contribution in [0.3, 0.4) is 0 Å². The fourth-order valence-electron chi connectivity index (χ4n) is 2.17. The third kappa shape index (κ3) is 5.67. The third-order valence-corrected chi connectivity index (χ3v) is 3.66. The molecule has 86 valence electrons. The molecule has 0 bridgehead atoms. The standard InChI is InChI=1S/C14H30/c1-7-12(3)10-9-11-13(8-2)14(4,5)6/h12-13H,7-11H2,1-6H3. The first-order valence-electron chi connectivity index (χ1n) is 6.41. The van der Waals surface area contributed by atoms with Gasteiger partial charge < -0.3 is 0 Å². The van der Waals surface area contributed by atoms with Crippen molar-refractivity contribution in [2.75, 3.05) is 0 Å². The monoisotopic (exact) mass is 198 g/mol. The van der Waals surface area contributed by atoms with Gasteiger partial charge >= 0.3 is 0 Å².